The van der Waals surface area contributed by atoms with E-state index in [1.165, 1.54) is 5.57 Å². The van der Waals surface area contributed by atoms with Crippen molar-refractivity contribution in [2.45, 2.75) is 144 Å². The van der Waals surface area contributed by atoms with Gasteiger partial charge >= 0.3 is 11.9 Å². The Kier molecular flexibility index (Phi) is 12.1. The number of carbonyl (C=O) groups is 4. The van der Waals surface area contributed by atoms with E-state index < -0.39 is 31.5 Å². The molecule has 2 amide bonds. The lowest BCUT2D eigenvalue weighted by atomic mass is 9.65. The van der Waals surface area contributed by atoms with E-state index in [-0.39, 0.29) is 54.3 Å². The minimum absolute atomic E-state index is 0.0187. The number of rotatable bonds is 13. The Labute approximate surface area is 272 Å². The summed E-state index contributed by atoms with van der Waals surface area (Å²) in [6.45, 7) is 23.4. The van der Waals surface area contributed by atoms with Crippen LogP contribution in [0, 0.1) is 35.0 Å². The first-order chi connectivity index (χ1) is 20.8. The predicted octanol–water partition coefficient (Wildman–Crippen LogP) is 7.93. The van der Waals surface area contributed by atoms with Crippen LogP contribution in [0.2, 0.25) is 18.1 Å². The maximum absolute atomic E-state index is 13.2. The average molecular weight is 646 g/mol. The Hall–Kier alpha value is -2.26. The second kappa shape index (κ2) is 14.7. The van der Waals surface area contributed by atoms with E-state index in [4.69, 9.17) is 14.0 Å². The van der Waals surface area contributed by atoms with Crippen molar-refractivity contribution in [3.63, 3.8) is 0 Å². The number of allylic oxidation sites excluding steroid dienone is 3. The van der Waals surface area contributed by atoms with Crippen LogP contribution in [0.1, 0.15) is 114 Å². The van der Waals surface area contributed by atoms with E-state index in [1.807, 2.05) is 20.8 Å². The Bertz CT molecular complexity index is 1150. The lowest BCUT2D eigenvalue weighted by Crippen LogP contribution is -2.45. The van der Waals surface area contributed by atoms with Gasteiger partial charge in [-0.2, -0.15) is 0 Å². The molecule has 1 saturated heterocycles. The summed E-state index contributed by atoms with van der Waals surface area (Å²) in [5.41, 5.74) is 0.768. The number of ether oxygens (including phenoxy) is 1. The van der Waals surface area contributed by atoms with Crippen molar-refractivity contribution in [1.82, 2.24) is 5.06 Å². The molecule has 1 fully saturated rings. The van der Waals surface area contributed by atoms with Gasteiger partial charge in [-0.25, -0.2) is 4.79 Å². The minimum atomic E-state index is -2.23. The van der Waals surface area contributed by atoms with E-state index in [0.717, 1.165) is 25.7 Å². The van der Waals surface area contributed by atoms with Gasteiger partial charge in [-0.05, 0) is 86.9 Å². The predicted molar refractivity (Wildman–Crippen MR) is 178 cm³/mol. The minimum Gasteiger partial charge on any atom is -0.461 e. The summed E-state index contributed by atoms with van der Waals surface area (Å²) in [5.74, 6) is -0.271. The molecule has 0 aromatic heterocycles. The van der Waals surface area contributed by atoms with E-state index in [9.17, 15) is 19.2 Å². The average Bonchev–Trinajstić information content (AvgIpc) is 3.23. The molecule has 1 heterocycles. The van der Waals surface area contributed by atoms with Crippen LogP contribution in [0.3, 0.4) is 0 Å². The lowest BCUT2D eigenvalue weighted by Gasteiger charge is -2.44. The Balaban J connectivity index is 1.73. The fourth-order valence-electron chi connectivity index (χ4n) is 6.46. The van der Waals surface area contributed by atoms with Crippen molar-refractivity contribution in [3.05, 3.63) is 23.8 Å². The summed E-state index contributed by atoms with van der Waals surface area (Å²) in [6, 6.07) is 0. The third-order valence-corrected chi connectivity index (χ3v) is 15.3. The Morgan fingerprint density at radius 3 is 2.27 bits per heavy atom. The van der Waals surface area contributed by atoms with Crippen LogP contribution < -0.4 is 0 Å². The van der Waals surface area contributed by atoms with Crippen molar-refractivity contribution in [3.8, 4) is 0 Å². The van der Waals surface area contributed by atoms with Crippen LogP contribution in [0.25, 0.3) is 0 Å². The lowest BCUT2D eigenvalue weighted by molar-refractivity contribution is -0.198. The first-order valence-electron chi connectivity index (χ1n) is 17.1. The highest BCUT2D eigenvalue weighted by Crippen LogP contribution is 2.46. The maximum Gasteiger partial charge on any atom is 0.335 e. The highest BCUT2D eigenvalue weighted by molar-refractivity contribution is 6.74. The molecule has 45 heavy (non-hydrogen) atoms. The highest BCUT2D eigenvalue weighted by Gasteiger charge is 2.44. The van der Waals surface area contributed by atoms with Gasteiger partial charge in [0.15, 0.2) is 8.32 Å². The van der Waals surface area contributed by atoms with Gasteiger partial charge in [-0.1, -0.05) is 73.1 Å². The van der Waals surface area contributed by atoms with Crippen molar-refractivity contribution < 1.29 is 33.2 Å². The van der Waals surface area contributed by atoms with Gasteiger partial charge in [0.25, 0.3) is 11.8 Å². The molecule has 3 rings (SSSR count). The quantitative estimate of drug-likeness (QED) is 0.114. The molecule has 7 atom stereocenters. The van der Waals surface area contributed by atoms with Gasteiger partial charge in [-0.15, -0.1) is 5.06 Å². The number of esters is 1. The number of fused-ring (bicyclic) bond motifs is 1. The van der Waals surface area contributed by atoms with Gasteiger partial charge in [0.2, 0.25) is 0 Å². The summed E-state index contributed by atoms with van der Waals surface area (Å²) >= 11 is 0. The SMILES string of the molecule is CCC(C)(C)C(=O)O[C@H]1C[C@@H](C)C=C2C=C[C@H](C)[C@H](CC[C@@H](C)C[C@H](CC(=O)ON3C(=O)CCC3=O)O[Si](C)(C)C(C)(C)C)[C@H]21. The van der Waals surface area contributed by atoms with Gasteiger partial charge in [0.1, 0.15) is 6.10 Å². The number of hydroxylamine groups is 2. The van der Waals surface area contributed by atoms with E-state index in [2.05, 4.69) is 72.9 Å². The van der Waals surface area contributed by atoms with E-state index in [1.54, 1.807) is 0 Å². The van der Waals surface area contributed by atoms with Crippen LogP contribution in [-0.2, 0) is 33.2 Å². The fraction of sp³-hybridized carbons (Fsp3) is 0.778. The van der Waals surface area contributed by atoms with Gasteiger partial charge in [-0.3, -0.25) is 14.4 Å². The van der Waals surface area contributed by atoms with Crippen LogP contribution in [-0.4, -0.2) is 49.3 Å². The highest BCUT2D eigenvalue weighted by atomic mass is 28.4. The van der Waals surface area contributed by atoms with Crippen molar-refractivity contribution in [2.75, 3.05) is 0 Å². The third kappa shape index (κ3) is 9.40. The molecule has 0 aromatic rings. The number of hydrogen-bond acceptors (Lipinski definition) is 7. The van der Waals surface area contributed by atoms with Gasteiger partial charge < -0.3 is 14.0 Å². The van der Waals surface area contributed by atoms with Crippen LogP contribution in [0.4, 0.5) is 0 Å². The molecule has 0 radical (unpaired) electrons. The first-order valence-corrected chi connectivity index (χ1v) is 20.0. The van der Waals surface area contributed by atoms with E-state index in [0.29, 0.717) is 29.2 Å². The summed E-state index contributed by atoms with van der Waals surface area (Å²) in [7, 11) is -2.23. The van der Waals surface area contributed by atoms with Crippen LogP contribution in [0.5, 0.6) is 0 Å². The largest absolute Gasteiger partial charge is 0.461 e. The molecule has 0 spiro atoms. The molecule has 1 aliphatic heterocycles. The second-order valence-corrected chi connectivity index (χ2v) is 20.9. The molecule has 3 aliphatic rings. The van der Waals surface area contributed by atoms with Crippen molar-refractivity contribution >= 4 is 32.1 Å². The number of nitrogens with zero attached hydrogens (tertiary/aromatic N) is 1. The zero-order valence-corrected chi connectivity index (χ0v) is 30.7. The third-order valence-electron chi connectivity index (χ3n) is 10.8. The molecular weight excluding hydrogens is 586 g/mol. The number of carbonyl (C=O) groups excluding carboxylic acids is 4. The molecular formula is C36H59NO7Si. The summed E-state index contributed by atoms with van der Waals surface area (Å²) in [5, 5.41) is 0.566. The van der Waals surface area contributed by atoms with Gasteiger partial charge in [0.05, 0.1) is 17.9 Å². The van der Waals surface area contributed by atoms with Crippen molar-refractivity contribution in [2.24, 2.45) is 35.0 Å². The summed E-state index contributed by atoms with van der Waals surface area (Å²) in [4.78, 5) is 55.5. The first kappa shape index (κ1) is 37.2. The monoisotopic (exact) mass is 645 g/mol. The smallest absolute Gasteiger partial charge is 0.335 e. The number of amides is 2. The van der Waals surface area contributed by atoms with E-state index >= 15 is 0 Å². The van der Waals surface area contributed by atoms with Crippen LogP contribution >= 0.6 is 0 Å². The number of hydrogen-bond donors (Lipinski definition) is 0. The zero-order valence-electron chi connectivity index (χ0n) is 29.7. The fourth-order valence-corrected chi connectivity index (χ4v) is 7.82. The molecule has 254 valence electrons. The zero-order chi connectivity index (χ0) is 33.9. The second-order valence-electron chi connectivity index (χ2n) is 16.1. The molecule has 8 nitrogen and oxygen atoms in total. The van der Waals surface area contributed by atoms with Crippen LogP contribution in [0.15, 0.2) is 23.8 Å². The molecule has 0 unspecified atom stereocenters. The molecule has 0 bridgehead atoms. The van der Waals surface area contributed by atoms with Crippen molar-refractivity contribution in [1.29, 1.82) is 0 Å². The molecule has 0 N–H and O–H groups in total. The summed E-state index contributed by atoms with van der Waals surface area (Å²) in [6.07, 6.45) is 10.6. The maximum atomic E-state index is 13.2. The molecule has 9 heteroatoms. The molecule has 2 aliphatic carbocycles. The topological polar surface area (TPSA) is 99.2 Å². The Morgan fingerprint density at radius 1 is 1.07 bits per heavy atom. The normalized spacial score (nSPS) is 27.1. The molecule has 0 saturated carbocycles. The molecule has 0 aromatic carbocycles. The van der Waals surface area contributed by atoms with Gasteiger partial charge in [0, 0.05) is 18.8 Å². The summed E-state index contributed by atoms with van der Waals surface area (Å²) < 4.78 is 13.1. The Morgan fingerprint density at radius 2 is 1.69 bits per heavy atom. The standard InChI is InChI=1S/C36H59NO7Si/c1-12-36(8,9)34(41)42-29-21-24(3)19-26-15-14-25(4)28(33(26)29)16-13-23(2)20-27(44-45(10,11)35(5,6)7)22-32(40)43-37-30(38)17-18-31(37)39/h14-15,19,23-25,27-29,33H,12-13,16-18,20-22H2,1-11H3/t23-,24+,25+,27-,28+,29+,33+/m1/s1. The number of imide groups is 1.